The summed E-state index contributed by atoms with van der Waals surface area (Å²) in [7, 11) is 0. The van der Waals surface area contributed by atoms with Crippen molar-refractivity contribution in [3.63, 3.8) is 0 Å². The van der Waals surface area contributed by atoms with Crippen LogP contribution < -0.4 is 11.0 Å². The molecule has 8 heteroatoms. The van der Waals surface area contributed by atoms with Gasteiger partial charge in [0.25, 0.3) is 0 Å². The maximum absolute atomic E-state index is 13.7. The Bertz CT molecular complexity index is 1030. The number of halogens is 2. The number of nitrogens with one attached hydrogen (secondary N) is 1. The minimum absolute atomic E-state index is 0.365. The zero-order chi connectivity index (χ0) is 19.6. The minimum atomic E-state index is -1.11. The summed E-state index contributed by atoms with van der Waals surface area (Å²) < 4.78 is 28.2. The Labute approximate surface area is 153 Å². The van der Waals surface area contributed by atoms with Crippen molar-refractivity contribution in [2.24, 2.45) is 0 Å². The first-order valence-corrected chi connectivity index (χ1v) is 8.14. The molecule has 0 fully saturated rings. The summed E-state index contributed by atoms with van der Waals surface area (Å²) in [5.41, 5.74) is 0.814. The van der Waals surface area contributed by atoms with Gasteiger partial charge in [-0.05, 0) is 26.0 Å². The fourth-order valence-corrected chi connectivity index (χ4v) is 2.43. The average Bonchev–Trinajstić information content (AvgIpc) is 2.64. The lowest BCUT2D eigenvalue weighted by atomic mass is 10.1. The number of rotatable bonds is 4. The molecule has 1 heterocycles. The summed E-state index contributed by atoms with van der Waals surface area (Å²) >= 11 is 0. The molecular formula is C19H16F2N4O2. The largest absolute Gasteiger partial charge is 0.365 e. The van der Waals surface area contributed by atoms with Gasteiger partial charge < -0.3 is 5.32 Å². The van der Waals surface area contributed by atoms with Crippen LogP contribution in [0.15, 0.2) is 53.5 Å². The van der Waals surface area contributed by atoms with E-state index in [1.165, 1.54) is 19.2 Å². The average molecular weight is 370 g/mol. The molecule has 0 spiro atoms. The van der Waals surface area contributed by atoms with Crippen molar-refractivity contribution in [1.29, 1.82) is 0 Å². The molecule has 0 aliphatic heterocycles. The standard InChI is InChI=1S/C19H16F2N4O2/c1-11-6-8-13(9-7-11)16-10-22-25(19(27)23-16)12(2)18(26)24-17-14(20)4-3-5-15(17)21/h3-10,12H,1-2H3,(H,24,26)/t12-/m1/s1. The van der Waals surface area contributed by atoms with E-state index in [0.29, 0.717) is 11.3 Å². The summed E-state index contributed by atoms with van der Waals surface area (Å²) in [6.45, 7) is 3.32. The number of para-hydroxylation sites is 1. The lowest BCUT2D eigenvalue weighted by Gasteiger charge is -2.14. The number of benzene rings is 2. The molecule has 3 rings (SSSR count). The van der Waals surface area contributed by atoms with E-state index in [2.05, 4.69) is 15.4 Å². The number of hydrogen-bond donors (Lipinski definition) is 1. The summed E-state index contributed by atoms with van der Waals surface area (Å²) in [6.07, 6.45) is 1.36. The van der Waals surface area contributed by atoms with E-state index in [0.717, 1.165) is 22.4 Å². The second-order valence-corrected chi connectivity index (χ2v) is 6.00. The van der Waals surface area contributed by atoms with Crippen molar-refractivity contribution in [2.75, 3.05) is 5.32 Å². The molecule has 0 bridgehead atoms. The van der Waals surface area contributed by atoms with Crippen molar-refractivity contribution in [3.8, 4) is 11.3 Å². The molecule has 0 aliphatic carbocycles. The number of carbonyl (C=O) groups excluding carboxylic acids is 1. The van der Waals surface area contributed by atoms with Gasteiger partial charge in [0.05, 0.1) is 11.9 Å². The van der Waals surface area contributed by atoms with Gasteiger partial charge in [0, 0.05) is 5.56 Å². The molecule has 3 aromatic rings. The van der Waals surface area contributed by atoms with Gasteiger partial charge in [0.1, 0.15) is 23.4 Å². The highest BCUT2D eigenvalue weighted by atomic mass is 19.1. The molecular weight excluding hydrogens is 354 g/mol. The van der Waals surface area contributed by atoms with Crippen LogP contribution in [-0.4, -0.2) is 20.7 Å². The second kappa shape index (κ2) is 7.45. The third-order valence-corrected chi connectivity index (χ3v) is 4.02. The summed E-state index contributed by atoms with van der Waals surface area (Å²) in [4.78, 5) is 28.5. The molecule has 0 saturated carbocycles. The molecule has 6 nitrogen and oxygen atoms in total. The van der Waals surface area contributed by atoms with Crippen LogP contribution >= 0.6 is 0 Å². The van der Waals surface area contributed by atoms with E-state index in [1.54, 1.807) is 12.1 Å². The van der Waals surface area contributed by atoms with Gasteiger partial charge in [-0.25, -0.2) is 18.3 Å². The van der Waals surface area contributed by atoms with Crippen molar-refractivity contribution in [3.05, 3.63) is 76.3 Å². The quantitative estimate of drug-likeness (QED) is 0.766. The van der Waals surface area contributed by atoms with Gasteiger partial charge in [-0.3, -0.25) is 4.79 Å². The van der Waals surface area contributed by atoms with Crippen LogP contribution in [0.1, 0.15) is 18.5 Å². The zero-order valence-electron chi connectivity index (χ0n) is 14.6. The molecule has 1 aromatic heterocycles. The topological polar surface area (TPSA) is 76.9 Å². The monoisotopic (exact) mass is 370 g/mol. The van der Waals surface area contributed by atoms with E-state index in [1.807, 2.05) is 19.1 Å². The van der Waals surface area contributed by atoms with Crippen molar-refractivity contribution < 1.29 is 13.6 Å². The van der Waals surface area contributed by atoms with E-state index in [-0.39, 0.29) is 0 Å². The first-order valence-electron chi connectivity index (χ1n) is 8.14. The lowest BCUT2D eigenvalue weighted by molar-refractivity contribution is -0.119. The maximum atomic E-state index is 13.7. The summed E-state index contributed by atoms with van der Waals surface area (Å²) in [6, 6.07) is 9.47. The minimum Gasteiger partial charge on any atom is -0.319 e. The summed E-state index contributed by atoms with van der Waals surface area (Å²) in [5, 5.41) is 6.12. The normalized spacial score (nSPS) is 11.9. The Morgan fingerprint density at radius 3 is 2.33 bits per heavy atom. The van der Waals surface area contributed by atoms with Crippen LogP contribution in [0.25, 0.3) is 11.3 Å². The Morgan fingerprint density at radius 1 is 1.11 bits per heavy atom. The SMILES string of the molecule is Cc1ccc(-c2cnn([C@H](C)C(=O)Nc3c(F)cccc3F)c(=O)n2)cc1. The van der Waals surface area contributed by atoms with E-state index < -0.39 is 35.0 Å². The van der Waals surface area contributed by atoms with Crippen molar-refractivity contribution in [2.45, 2.75) is 19.9 Å². The van der Waals surface area contributed by atoms with E-state index >= 15 is 0 Å². The number of nitrogens with zero attached hydrogens (tertiary/aromatic N) is 3. The number of hydrogen-bond acceptors (Lipinski definition) is 4. The number of aromatic nitrogens is 3. The van der Waals surface area contributed by atoms with Gasteiger partial charge in [0.2, 0.25) is 5.91 Å². The van der Waals surface area contributed by atoms with Crippen LogP contribution in [0.5, 0.6) is 0 Å². The smallest absolute Gasteiger partial charge is 0.319 e. The van der Waals surface area contributed by atoms with Gasteiger partial charge in [-0.1, -0.05) is 35.9 Å². The highest BCUT2D eigenvalue weighted by Crippen LogP contribution is 2.19. The molecule has 0 aliphatic rings. The van der Waals surface area contributed by atoms with Crippen molar-refractivity contribution in [1.82, 2.24) is 14.8 Å². The molecule has 1 amide bonds. The highest BCUT2D eigenvalue weighted by molar-refractivity contribution is 5.93. The number of anilines is 1. The Balaban J connectivity index is 1.84. The van der Waals surface area contributed by atoms with Gasteiger partial charge in [-0.15, -0.1) is 0 Å². The first kappa shape index (κ1) is 18.4. The molecule has 138 valence electrons. The van der Waals surface area contributed by atoms with Crippen LogP contribution in [0.4, 0.5) is 14.5 Å². The zero-order valence-corrected chi connectivity index (χ0v) is 14.6. The molecule has 1 atom stereocenters. The van der Waals surface area contributed by atoms with E-state index in [9.17, 15) is 18.4 Å². The maximum Gasteiger partial charge on any atom is 0.365 e. The number of aryl methyl sites for hydroxylation is 1. The fourth-order valence-electron chi connectivity index (χ4n) is 2.43. The van der Waals surface area contributed by atoms with Gasteiger partial charge in [-0.2, -0.15) is 10.1 Å². The highest BCUT2D eigenvalue weighted by Gasteiger charge is 2.21. The molecule has 27 heavy (non-hydrogen) atoms. The Kier molecular flexibility index (Phi) is 5.07. The third-order valence-electron chi connectivity index (χ3n) is 4.02. The van der Waals surface area contributed by atoms with Gasteiger partial charge >= 0.3 is 5.69 Å². The molecule has 1 N–H and O–H groups in total. The molecule has 0 unspecified atom stereocenters. The van der Waals surface area contributed by atoms with Crippen molar-refractivity contribution >= 4 is 11.6 Å². The van der Waals surface area contributed by atoms with Crippen LogP contribution in [0, 0.1) is 18.6 Å². The molecule has 0 radical (unpaired) electrons. The Morgan fingerprint density at radius 2 is 1.74 bits per heavy atom. The number of carbonyl (C=O) groups is 1. The van der Waals surface area contributed by atoms with Crippen LogP contribution in [0.3, 0.4) is 0 Å². The van der Waals surface area contributed by atoms with Crippen LogP contribution in [0.2, 0.25) is 0 Å². The van der Waals surface area contributed by atoms with E-state index in [4.69, 9.17) is 0 Å². The molecule has 2 aromatic carbocycles. The number of amides is 1. The summed E-state index contributed by atoms with van der Waals surface area (Å²) in [5.74, 6) is -2.62. The predicted octanol–water partition coefficient (Wildman–Crippen LogP) is 3.09. The van der Waals surface area contributed by atoms with Crippen LogP contribution in [-0.2, 0) is 4.79 Å². The third kappa shape index (κ3) is 3.89. The molecule has 0 saturated heterocycles. The predicted molar refractivity (Wildman–Crippen MR) is 96.2 cm³/mol. The Hall–Kier alpha value is -3.42. The first-order chi connectivity index (χ1) is 12.9. The lowest BCUT2D eigenvalue weighted by Crippen LogP contribution is -2.35. The second-order valence-electron chi connectivity index (χ2n) is 6.00. The van der Waals surface area contributed by atoms with Gasteiger partial charge in [0.15, 0.2) is 0 Å². The fraction of sp³-hybridized carbons (Fsp3) is 0.158.